The fourth-order valence-corrected chi connectivity index (χ4v) is 5.86. The predicted octanol–water partition coefficient (Wildman–Crippen LogP) is 6.24. The number of benzene rings is 2. The van der Waals surface area contributed by atoms with E-state index in [4.69, 9.17) is 21.9 Å². The van der Waals surface area contributed by atoms with Gasteiger partial charge in [0.2, 0.25) is 0 Å². The molecule has 2 aliphatic heterocycles. The summed E-state index contributed by atoms with van der Waals surface area (Å²) in [5.41, 5.74) is 11.4. The lowest BCUT2D eigenvalue weighted by atomic mass is 9.76. The molecule has 8 heteroatoms. The van der Waals surface area contributed by atoms with E-state index in [0.29, 0.717) is 29.8 Å². The maximum Gasteiger partial charge on any atom is 0.311 e. The van der Waals surface area contributed by atoms with Crippen molar-refractivity contribution in [3.8, 4) is 0 Å². The quantitative estimate of drug-likeness (QED) is 0.140. The largest absolute Gasteiger partial charge is 0.465 e. The van der Waals surface area contributed by atoms with Crippen LogP contribution < -0.4 is 0 Å². The molecule has 2 aliphatic rings. The lowest BCUT2D eigenvalue weighted by Gasteiger charge is -2.42. The molecule has 4 atom stereocenters. The fraction of sp³-hybridized carbons (Fsp3) is 0.435. The summed E-state index contributed by atoms with van der Waals surface area (Å²) < 4.78 is 6.68. The van der Waals surface area contributed by atoms with Gasteiger partial charge in [0.1, 0.15) is 0 Å². The molecule has 4 rings (SSSR count). The highest BCUT2D eigenvalue weighted by Crippen LogP contribution is 2.46. The first kappa shape index (κ1) is 22.4. The SMILES string of the molecule is CN1[C@H]2CC[C@@H]1[C@@H](C(=O)OCCc1ccc(N=[N+]=[N-])c(I)c1)[C@@H](c1ccc(Cl)cc1)C2. The number of rotatable bonds is 6. The average molecular weight is 551 g/mol. The summed E-state index contributed by atoms with van der Waals surface area (Å²) in [6.07, 6.45) is 3.75. The third kappa shape index (κ3) is 4.85. The third-order valence-electron chi connectivity index (χ3n) is 6.64. The van der Waals surface area contributed by atoms with Crippen LogP contribution in [0.5, 0.6) is 0 Å². The molecule has 0 radical (unpaired) electrons. The summed E-state index contributed by atoms with van der Waals surface area (Å²) in [4.78, 5) is 18.5. The lowest BCUT2D eigenvalue weighted by molar-refractivity contribution is -0.153. The van der Waals surface area contributed by atoms with Gasteiger partial charge in [-0.05, 0) is 83.8 Å². The molecule has 2 bridgehead atoms. The van der Waals surface area contributed by atoms with E-state index in [1.165, 1.54) is 5.56 Å². The highest BCUT2D eigenvalue weighted by Gasteiger charge is 2.49. The molecule has 2 aromatic carbocycles. The van der Waals surface area contributed by atoms with E-state index in [2.05, 4.69) is 44.6 Å². The van der Waals surface area contributed by atoms with Crippen LogP contribution in [0.1, 0.15) is 36.3 Å². The maximum absolute atomic E-state index is 13.2. The van der Waals surface area contributed by atoms with Crippen LogP contribution in [0, 0.1) is 9.49 Å². The van der Waals surface area contributed by atoms with Crippen LogP contribution in [-0.2, 0) is 16.0 Å². The van der Waals surface area contributed by atoms with Crippen molar-refractivity contribution in [2.45, 2.75) is 43.7 Å². The van der Waals surface area contributed by atoms with Crippen LogP contribution in [0.2, 0.25) is 5.02 Å². The summed E-state index contributed by atoms with van der Waals surface area (Å²) >= 11 is 8.23. The molecule has 0 aliphatic carbocycles. The van der Waals surface area contributed by atoms with Gasteiger partial charge < -0.3 is 4.74 Å². The monoisotopic (exact) mass is 550 g/mol. The molecule has 0 amide bonds. The number of piperidine rings is 1. The molecular weight excluding hydrogens is 527 g/mol. The van der Waals surface area contributed by atoms with Crippen molar-refractivity contribution < 1.29 is 9.53 Å². The van der Waals surface area contributed by atoms with E-state index in [1.54, 1.807) is 6.07 Å². The highest BCUT2D eigenvalue weighted by molar-refractivity contribution is 14.1. The Hall–Kier alpha value is -1.80. The number of carbonyl (C=O) groups is 1. The van der Waals surface area contributed by atoms with Gasteiger partial charge >= 0.3 is 5.97 Å². The van der Waals surface area contributed by atoms with Gasteiger partial charge in [-0.2, -0.15) is 0 Å². The second kappa shape index (κ2) is 9.77. The number of nitrogens with zero attached hydrogens (tertiary/aromatic N) is 4. The summed E-state index contributed by atoms with van der Waals surface area (Å²) in [5.74, 6) is -0.127. The number of hydrogen-bond donors (Lipinski definition) is 0. The molecule has 2 aromatic rings. The summed E-state index contributed by atoms with van der Waals surface area (Å²) in [6, 6.07) is 14.3. The van der Waals surface area contributed by atoms with Crippen molar-refractivity contribution in [1.82, 2.24) is 4.90 Å². The van der Waals surface area contributed by atoms with Gasteiger partial charge in [-0.25, -0.2) is 0 Å². The minimum Gasteiger partial charge on any atom is -0.465 e. The highest BCUT2D eigenvalue weighted by atomic mass is 127. The molecule has 0 unspecified atom stereocenters. The Bertz CT molecular complexity index is 1010. The Balaban J connectivity index is 1.45. The van der Waals surface area contributed by atoms with Crippen molar-refractivity contribution in [2.24, 2.45) is 11.0 Å². The number of ether oxygens (including phenoxy) is 1. The Kier molecular flexibility index (Phi) is 7.06. The molecule has 0 N–H and O–H groups in total. The normalized spacial score (nSPS) is 25.1. The van der Waals surface area contributed by atoms with Gasteiger partial charge in [0.25, 0.3) is 0 Å². The van der Waals surface area contributed by atoms with Crippen LogP contribution in [0.25, 0.3) is 10.4 Å². The number of azide groups is 1. The zero-order valence-electron chi connectivity index (χ0n) is 17.2. The molecule has 31 heavy (non-hydrogen) atoms. The van der Waals surface area contributed by atoms with Crippen molar-refractivity contribution in [3.05, 3.63) is 72.6 Å². The van der Waals surface area contributed by atoms with Crippen LogP contribution in [0.3, 0.4) is 0 Å². The molecule has 0 aromatic heterocycles. The van der Waals surface area contributed by atoms with Gasteiger partial charge in [0, 0.05) is 37.9 Å². The number of carbonyl (C=O) groups excluding carboxylic acids is 1. The van der Waals surface area contributed by atoms with Crippen molar-refractivity contribution in [3.63, 3.8) is 0 Å². The Labute approximate surface area is 200 Å². The van der Waals surface area contributed by atoms with Crippen LogP contribution >= 0.6 is 34.2 Å². The zero-order valence-corrected chi connectivity index (χ0v) is 20.2. The molecule has 2 fully saturated rings. The minimum atomic E-state index is -0.169. The van der Waals surface area contributed by atoms with Crippen molar-refractivity contribution >= 4 is 45.8 Å². The van der Waals surface area contributed by atoms with Gasteiger partial charge in [-0.15, -0.1) is 0 Å². The van der Waals surface area contributed by atoms with E-state index in [1.807, 2.05) is 36.4 Å². The number of hydrogen-bond acceptors (Lipinski definition) is 4. The third-order valence-corrected chi connectivity index (χ3v) is 7.75. The first-order chi connectivity index (χ1) is 15.0. The second-order valence-corrected chi connectivity index (χ2v) is 9.87. The van der Waals surface area contributed by atoms with E-state index < -0.39 is 0 Å². The maximum atomic E-state index is 13.2. The van der Waals surface area contributed by atoms with E-state index in [9.17, 15) is 4.79 Å². The van der Waals surface area contributed by atoms with Crippen LogP contribution in [0.15, 0.2) is 47.6 Å². The average Bonchev–Trinajstić information content (AvgIpc) is 2.98. The number of esters is 1. The lowest BCUT2D eigenvalue weighted by Crippen LogP contribution is -2.49. The molecule has 2 heterocycles. The minimum absolute atomic E-state index is 0.113. The van der Waals surface area contributed by atoms with Gasteiger partial charge in [-0.1, -0.05) is 41.0 Å². The zero-order chi connectivity index (χ0) is 22.0. The molecule has 6 nitrogen and oxygen atoms in total. The Morgan fingerprint density at radius 2 is 2.06 bits per heavy atom. The summed E-state index contributed by atoms with van der Waals surface area (Å²) in [6.45, 7) is 0.333. The van der Waals surface area contributed by atoms with E-state index >= 15 is 0 Å². The van der Waals surface area contributed by atoms with Gasteiger partial charge in [-0.3, -0.25) is 9.69 Å². The summed E-state index contributed by atoms with van der Waals surface area (Å²) in [7, 11) is 2.13. The number of halogens is 2. The topological polar surface area (TPSA) is 78.3 Å². The van der Waals surface area contributed by atoms with Crippen molar-refractivity contribution in [1.29, 1.82) is 0 Å². The fourth-order valence-electron chi connectivity index (χ4n) is 5.04. The molecule has 2 saturated heterocycles. The van der Waals surface area contributed by atoms with Crippen LogP contribution in [-0.4, -0.2) is 36.6 Å². The molecule has 0 saturated carbocycles. The predicted molar refractivity (Wildman–Crippen MR) is 130 cm³/mol. The van der Waals surface area contributed by atoms with E-state index in [0.717, 1.165) is 28.4 Å². The van der Waals surface area contributed by atoms with Crippen molar-refractivity contribution in [2.75, 3.05) is 13.7 Å². The molecule has 0 spiro atoms. The van der Waals surface area contributed by atoms with Gasteiger partial charge in [0.15, 0.2) is 0 Å². The molecule has 162 valence electrons. The van der Waals surface area contributed by atoms with Crippen LogP contribution in [0.4, 0.5) is 5.69 Å². The first-order valence-electron chi connectivity index (χ1n) is 10.5. The summed E-state index contributed by atoms with van der Waals surface area (Å²) in [5, 5.41) is 4.37. The first-order valence-corrected chi connectivity index (χ1v) is 11.9. The Morgan fingerprint density at radius 3 is 2.77 bits per heavy atom. The van der Waals surface area contributed by atoms with E-state index in [-0.39, 0.29) is 23.8 Å². The Morgan fingerprint density at radius 1 is 1.29 bits per heavy atom. The second-order valence-electron chi connectivity index (χ2n) is 8.28. The van der Waals surface area contributed by atoms with Gasteiger partial charge in [0.05, 0.1) is 18.2 Å². The smallest absolute Gasteiger partial charge is 0.311 e. The molecular formula is C23H24ClIN4O2. The standard InChI is InChI=1S/C23H24ClIN4O2/c1-29-17-7-9-21(29)22(18(13-17)15-3-5-16(24)6-4-15)23(30)31-11-10-14-2-8-20(27-28-26)19(25)12-14/h2-6,8,12,17-18,21-22H,7,9-11,13H2,1H3/t17-,18+,21+,22-/m0/s1. The number of fused-ring (bicyclic) bond motifs is 2.